The van der Waals surface area contributed by atoms with E-state index in [-0.39, 0.29) is 24.0 Å². The monoisotopic (exact) mass is 532 g/mol. The largest absolute Gasteiger partial charge is 0.356 e. The van der Waals surface area contributed by atoms with Crippen molar-refractivity contribution >= 4 is 41.7 Å². The molecule has 1 aliphatic rings. The van der Waals surface area contributed by atoms with Crippen molar-refractivity contribution in [2.24, 2.45) is 4.99 Å². The number of rotatable bonds is 10. The molecule has 10 heteroatoms. The van der Waals surface area contributed by atoms with Crippen molar-refractivity contribution in [3.05, 3.63) is 24.3 Å². The third-order valence-corrected chi connectivity index (χ3v) is 5.76. The molecule has 0 aromatic carbocycles. The van der Waals surface area contributed by atoms with Crippen LogP contribution in [0.3, 0.4) is 0 Å². The van der Waals surface area contributed by atoms with Crippen molar-refractivity contribution < 1.29 is 0 Å². The van der Waals surface area contributed by atoms with E-state index in [9.17, 15) is 0 Å². The SMILES string of the molecule is CN=C(NCCCc1nnc(SC)n1C1CCCC1)NCCCn1cccn1.I. The lowest BCUT2D eigenvalue weighted by molar-refractivity contribution is 0.460. The molecule has 2 aromatic rings. The number of hydrogen-bond acceptors (Lipinski definition) is 5. The predicted molar refractivity (Wildman–Crippen MR) is 129 cm³/mol. The van der Waals surface area contributed by atoms with Gasteiger partial charge in [-0.1, -0.05) is 24.6 Å². The summed E-state index contributed by atoms with van der Waals surface area (Å²) in [6.07, 6.45) is 14.0. The molecule has 0 aliphatic heterocycles. The van der Waals surface area contributed by atoms with Crippen molar-refractivity contribution in [1.29, 1.82) is 0 Å². The Balaban J connectivity index is 0.00000300. The highest BCUT2D eigenvalue weighted by molar-refractivity contribution is 14.0. The van der Waals surface area contributed by atoms with Gasteiger partial charge in [0, 0.05) is 51.5 Å². The Labute approximate surface area is 194 Å². The van der Waals surface area contributed by atoms with E-state index >= 15 is 0 Å². The minimum Gasteiger partial charge on any atom is -0.356 e. The molecule has 0 amide bonds. The van der Waals surface area contributed by atoms with E-state index in [0.717, 1.165) is 55.8 Å². The Bertz CT molecular complexity index is 725. The Hall–Kier alpha value is -1.30. The topological polar surface area (TPSA) is 85.0 Å². The molecule has 3 rings (SSSR count). The van der Waals surface area contributed by atoms with Gasteiger partial charge in [0.05, 0.1) is 0 Å². The Kier molecular flexibility index (Phi) is 10.8. The van der Waals surface area contributed by atoms with Crippen LogP contribution in [-0.4, -0.2) is 56.9 Å². The van der Waals surface area contributed by atoms with Gasteiger partial charge >= 0.3 is 0 Å². The molecule has 2 N–H and O–H groups in total. The van der Waals surface area contributed by atoms with E-state index in [1.54, 1.807) is 11.8 Å². The van der Waals surface area contributed by atoms with Crippen LogP contribution in [0.25, 0.3) is 0 Å². The first-order valence-electron chi connectivity index (χ1n) is 10.2. The molecule has 8 nitrogen and oxygen atoms in total. The number of aliphatic imine (C=N–C) groups is 1. The highest BCUT2D eigenvalue weighted by atomic mass is 127. The van der Waals surface area contributed by atoms with Crippen LogP contribution in [0.5, 0.6) is 0 Å². The standard InChI is InChI=1S/C19H32N8S.HI/c1-20-18(22-12-6-14-26-15-7-13-23-26)21-11-5-10-17-24-25-19(28-2)27(17)16-8-3-4-9-16;/h7,13,15-16H,3-6,8-12,14H2,1-2H3,(H2,20,21,22);1H. The fourth-order valence-corrected chi connectivity index (χ4v) is 4.27. The van der Waals surface area contributed by atoms with E-state index in [1.165, 1.54) is 25.7 Å². The van der Waals surface area contributed by atoms with Crippen molar-refractivity contribution in [3.8, 4) is 0 Å². The van der Waals surface area contributed by atoms with Crippen LogP contribution >= 0.6 is 35.7 Å². The fourth-order valence-electron chi connectivity index (χ4n) is 3.70. The molecule has 0 spiro atoms. The summed E-state index contributed by atoms with van der Waals surface area (Å²) in [7, 11) is 1.81. The summed E-state index contributed by atoms with van der Waals surface area (Å²) in [4.78, 5) is 4.30. The van der Waals surface area contributed by atoms with E-state index in [1.807, 2.05) is 30.2 Å². The second-order valence-corrected chi connectivity index (χ2v) is 7.84. The second-order valence-electron chi connectivity index (χ2n) is 7.06. The lowest BCUT2D eigenvalue weighted by Gasteiger charge is -2.16. The first-order chi connectivity index (χ1) is 13.8. The molecule has 0 bridgehead atoms. The average molecular weight is 533 g/mol. The summed E-state index contributed by atoms with van der Waals surface area (Å²) in [5.41, 5.74) is 0. The van der Waals surface area contributed by atoms with Gasteiger partial charge in [0.15, 0.2) is 11.1 Å². The van der Waals surface area contributed by atoms with E-state index in [4.69, 9.17) is 0 Å². The summed E-state index contributed by atoms with van der Waals surface area (Å²) in [5.74, 6) is 1.97. The minimum atomic E-state index is 0. The number of thioether (sulfide) groups is 1. The van der Waals surface area contributed by atoms with Gasteiger partial charge < -0.3 is 15.2 Å². The number of nitrogens with zero attached hydrogens (tertiary/aromatic N) is 6. The third-order valence-electron chi connectivity index (χ3n) is 5.12. The van der Waals surface area contributed by atoms with Crippen molar-refractivity contribution in [2.45, 2.75) is 62.7 Å². The van der Waals surface area contributed by atoms with Gasteiger partial charge in [0.1, 0.15) is 5.82 Å². The maximum atomic E-state index is 4.46. The summed E-state index contributed by atoms with van der Waals surface area (Å²) in [6.45, 7) is 2.64. The van der Waals surface area contributed by atoms with Crippen LogP contribution in [0.2, 0.25) is 0 Å². The molecule has 1 fully saturated rings. The molecule has 162 valence electrons. The molecule has 1 aliphatic carbocycles. The van der Waals surface area contributed by atoms with Gasteiger partial charge in [-0.25, -0.2) is 0 Å². The lowest BCUT2D eigenvalue weighted by atomic mass is 10.2. The molecule has 29 heavy (non-hydrogen) atoms. The number of halogens is 1. The van der Waals surface area contributed by atoms with Crippen LogP contribution in [0.1, 0.15) is 50.4 Å². The van der Waals surface area contributed by atoms with Crippen molar-refractivity contribution in [1.82, 2.24) is 35.2 Å². The molecular formula is C19H33IN8S. The number of aromatic nitrogens is 5. The van der Waals surface area contributed by atoms with Crippen LogP contribution in [0.4, 0.5) is 0 Å². The van der Waals surface area contributed by atoms with Gasteiger partial charge in [-0.05, 0) is 38.0 Å². The summed E-state index contributed by atoms with van der Waals surface area (Å²) in [5, 5.41) is 20.9. The zero-order chi connectivity index (χ0) is 19.6. The number of nitrogens with one attached hydrogen (secondary N) is 2. The van der Waals surface area contributed by atoms with E-state index < -0.39 is 0 Å². The zero-order valence-electron chi connectivity index (χ0n) is 17.4. The van der Waals surface area contributed by atoms with Gasteiger partial charge in [0.25, 0.3) is 0 Å². The number of hydrogen-bond donors (Lipinski definition) is 2. The Morgan fingerprint density at radius 3 is 2.62 bits per heavy atom. The Morgan fingerprint density at radius 1 is 1.21 bits per heavy atom. The van der Waals surface area contributed by atoms with Crippen molar-refractivity contribution in [2.75, 3.05) is 26.4 Å². The van der Waals surface area contributed by atoms with Gasteiger partial charge in [-0.3, -0.25) is 9.67 Å². The third kappa shape index (κ3) is 7.16. The fraction of sp³-hybridized carbons (Fsp3) is 0.684. The highest BCUT2D eigenvalue weighted by Gasteiger charge is 2.23. The molecular weight excluding hydrogens is 499 g/mol. The molecule has 0 radical (unpaired) electrons. The van der Waals surface area contributed by atoms with Crippen LogP contribution in [0.15, 0.2) is 28.6 Å². The molecule has 0 unspecified atom stereocenters. The van der Waals surface area contributed by atoms with Gasteiger partial charge in [-0.2, -0.15) is 5.10 Å². The van der Waals surface area contributed by atoms with Crippen LogP contribution < -0.4 is 10.6 Å². The predicted octanol–water partition coefficient (Wildman–Crippen LogP) is 3.12. The molecule has 1 saturated carbocycles. The number of guanidine groups is 1. The van der Waals surface area contributed by atoms with Crippen molar-refractivity contribution in [3.63, 3.8) is 0 Å². The summed E-state index contributed by atoms with van der Waals surface area (Å²) >= 11 is 1.70. The smallest absolute Gasteiger partial charge is 0.191 e. The maximum Gasteiger partial charge on any atom is 0.191 e. The lowest BCUT2D eigenvalue weighted by Crippen LogP contribution is -2.38. The quantitative estimate of drug-likeness (QED) is 0.161. The highest BCUT2D eigenvalue weighted by Crippen LogP contribution is 2.33. The van der Waals surface area contributed by atoms with Gasteiger partial charge in [0.2, 0.25) is 0 Å². The molecule has 2 aromatic heterocycles. The summed E-state index contributed by atoms with van der Waals surface area (Å²) in [6, 6.07) is 2.54. The molecule has 2 heterocycles. The number of aryl methyl sites for hydroxylation is 2. The molecule has 0 saturated heterocycles. The maximum absolute atomic E-state index is 4.46. The summed E-state index contributed by atoms with van der Waals surface area (Å²) < 4.78 is 4.33. The minimum absolute atomic E-state index is 0. The first kappa shape index (κ1) is 24.0. The van der Waals surface area contributed by atoms with E-state index in [2.05, 4.69) is 41.7 Å². The van der Waals surface area contributed by atoms with Crippen LogP contribution in [-0.2, 0) is 13.0 Å². The van der Waals surface area contributed by atoms with Crippen LogP contribution in [0, 0.1) is 0 Å². The first-order valence-corrected chi connectivity index (χ1v) is 11.4. The van der Waals surface area contributed by atoms with Gasteiger partial charge in [-0.15, -0.1) is 34.2 Å². The van der Waals surface area contributed by atoms with E-state index in [0.29, 0.717) is 6.04 Å². The zero-order valence-corrected chi connectivity index (χ0v) is 20.5. The average Bonchev–Trinajstić information content (AvgIpc) is 3.47. The Morgan fingerprint density at radius 2 is 1.97 bits per heavy atom. The second kappa shape index (κ2) is 13.1. The molecule has 0 atom stereocenters. The normalized spacial score (nSPS) is 14.8.